The van der Waals surface area contributed by atoms with E-state index in [4.69, 9.17) is 0 Å². The minimum Gasteiger partial charge on any atom is -0.322 e. The van der Waals surface area contributed by atoms with Crippen molar-refractivity contribution >= 4 is 51.4 Å². The van der Waals surface area contributed by atoms with Crippen LogP contribution in [0.2, 0.25) is 0 Å². The van der Waals surface area contributed by atoms with E-state index in [1.165, 1.54) is 0 Å². The van der Waals surface area contributed by atoms with E-state index < -0.39 is 17.5 Å². The quantitative estimate of drug-likeness (QED) is 0.531. The second kappa shape index (κ2) is 8.92. The van der Waals surface area contributed by atoms with E-state index in [0.29, 0.717) is 17.0 Å². The zero-order valence-electron chi connectivity index (χ0n) is 13.7. The fraction of sp³-hybridized carbons (Fsp3) is 0.0556. The van der Waals surface area contributed by atoms with Gasteiger partial charge >= 0.3 is 0 Å². The molecule has 0 aliphatic heterocycles. The molecule has 9 heteroatoms. The van der Waals surface area contributed by atoms with E-state index >= 15 is 0 Å². The van der Waals surface area contributed by atoms with Crippen molar-refractivity contribution in [3.05, 3.63) is 70.0 Å². The average Bonchev–Trinajstić information content (AvgIpc) is 3.10. The Balaban J connectivity index is 1.55. The number of hydrogen-bond acceptors (Lipinski definition) is 4. The van der Waals surface area contributed by atoms with Crippen LogP contribution < -0.4 is 5.32 Å². The molecule has 3 rings (SSSR count). The highest BCUT2D eigenvalue weighted by molar-refractivity contribution is 9.10. The Morgan fingerprint density at radius 1 is 1.22 bits per heavy atom. The third kappa shape index (κ3) is 5.48. The molecule has 0 aliphatic carbocycles. The predicted molar refractivity (Wildman–Crippen MR) is 105 cm³/mol. The highest BCUT2D eigenvalue weighted by Gasteiger charge is 2.14. The van der Waals surface area contributed by atoms with Crippen LogP contribution in [0.1, 0.15) is 11.4 Å². The molecule has 0 aliphatic rings. The number of carbonyl (C=O) groups is 1. The number of H-pyrrole nitrogens is 1. The van der Waals surface area contributed by atoms with Gasteiger partial charge in [0.15, 0.2) is 5.82 Å². The summed E-state index contributed by atoms with van der Waals surface area (Å²) in [5, 5.41) is 9.57. The predicted octanol–water partition coefficient (Wildman–Crippen LogP) is 4.75. The van der Waals surface area contributed by atoms with Gasteiger partial charge in [-0.2, -0.15) is 0 Å². The lowest BCUT2D eigenvalue weighted by molar-refractivity contribution is -0.113. The minimum atomic E-state index is -0.855. The van der Waals surface area contributed by atoms with Gasteiger partial charge in [0.05, 0.1) is 11.4 Å². The lowest BCUT2D eigenvalue weighted by Gasteiger charge is -2.08. The first-order valence-corrected chi connectivity index (χ1v) is 9.52. The Bertz CT molecular complexity index is 955. The van der Waals surface area contributed by atoms with Crippen molar-refractivity contribution in [3.8, 4) is 0 Å². The third-order valence-corrected chi connectivity index (χ3v) is 4.79. The van der Waals surface area contributed by atoms with Crippen LogP contribution in [0.4, 0.5) is 14.5 Å². The van der Waals surface area contributed by atoms with E-state index in [1.54, 1.807) is 6.08 Å². The number of nitrogens with zero attached hydrogens (tertiary/aromatic N) is 2. The maximum absolute atomic E-state index is 13.7. The number of carbonyl (C=O) groups excluding carboxylic acids is 1. The molecule has 0 unspecified atom stereocenters. The summed E-state index contributed by atoms with van der Waals surface area (Å²) in [7, 11) is 0. The maximum Gasteiger partial charge on any atom is 0.234 e. The number of hydrogen-bond donors (Lipinski definition) is 2. The van der Waals surface area contributed by atoms with Gasteiger partial charge in [-0.25, -0.2) is 13.8 Å². The molecule has 0 spiro atoms. The lowest BCUT2D eigenvalue weighted by atomic mass is 10.2. The van der Waals surface area contributed by atoms with Crippen LogP contribution in [0, 0.1) is 11.6 Å². The van der Waals surface area contributed by atoms with Crippen molar-refractivity contribution in [2.75, 3.05) is 11.1 Å². The first-order chi connectivity index (χ1) is 13.0. The number of aromatic nitrogens is 3. The Morgan fingerprint density at radius 3 is 2.74 bits per heavy atom. The fourth-order valence-electron chi connectivity index (χ4n) is 2.10. The van der Waals surface area contributed by atoms with Crippen LogP contribution in [0.5, 0.6) is 0 Å². The third-order valence-electron chi connectivity index (χ3n) is 3.32. The normalized spacial score (nSPS) is 11.1. The highest BCUT2D eigenvalue weighted by atomic mass is 79.9. The molecule has 3 aromatic rings. The molecule has 1 aromatic heterocycles. The number of benzene rings is 2. The van der Waals surface area contributed by atoms with E-state index in [0.717, 1.165) is 23.4 Å². The summed E-state index contributed by atoms with van der Waals surface area (Å²) in [6.07, 6.45) is 3.66. The number of aromatic amines is 1. The van der Waals surface area contributed by atoms with Crippen molar-refractivity contribution < 1.29 is 13.6 Å². The molecule has 0 radical (unpaired) electrons. The summed E-state index contributed by atoms with van der Waals surface area (Å²) in [5.41, 5.74) is 0.915. The molecule has 1 amide bonds. The SMILES string of the molecule is O=C(CSc1n[nH]c(/C=C/c2ccccc2)n1)Nc1c(F)cc(F)cc1Br. The number of amides is 1. The highest BCUT2D eigenvalue weighted by Crippen LogP contribution is 2.27. The zero-order chi connectivity index (χ0) is 19.2. The van der Waals surface area contributed by atoms with Gasteiger partial charge in [-0.15, -0.1) is 5.10 Å². The summed E-state index contributed by atoms with van der Waals surface area (Å²) in [6, 6.07) is 11.5. The molecular formula is C18H13BrF2N4OS. The average molecular weight is 451 g/mol. The van der Waals surface area contributed by atoms with E-state index in [9.17, 15) is 13.6 Å². The lowest BCUT2D eigenvalue weighted by Crippen LogP contribution is -2.15. The van der Waals surface area contributed by atoms with Crippen molar-refractivity contribution in [1.82, 2.24) is 15.2 Å². The minimum absolute atomic E-state index is 0.0249. The monoisotopic (exact) mass is 450 g/mol. The number of rotatable bonds is 6. The Labute approximate surface area is 166 Å². The molecule has 0 saturated carbocycles. The number of halogens is 3. The van der Waals surface area contributed by atoms with Crippen molar-refractivity contribution in [2.45, 2.75) is 5.16 Å². The topological polar surface area (TPSA) is 70.7 Å². The van der Waals surface area contributed by atoms with Crippen molar-refractivity contribution in [3.63, 3.8) is 0 Å². The number of thioether (sulfide) groups is 1. The summed E-state index contributed by atoms with van der Waals surface area (Å²) in [4.78, 5) is 16.2. The second-order valence-electron chi connectivity index (χ2n) is 5.33. The van der Waals surface area contributed by atoms with Gasteiger partial charge in [-0.3, -0.25) is 9.89 Å². The summed E-state index contributed by atoms with van der Waals surface area (Å²) in [5.74, 6) is -1.52. The molecule has 2 N–H and O–H groups in total. The van der Waals surface area contributed by atoms with E-state index in [1.807, 2.05) is 36.4 Å². The van der Waals surface area contributed by atoms with Crippen LogP contribution in [0.15, 0.2) is 52.1 Å². The summed E-state index contributed by atoms with van der Waals surface area (Å²) < 4.78 is 26.9. The molecular weight excluding hydrogens is 438 g/mol. The van der Waals surface area contributed by atoms with Gasteiger partial charge in [0.2, 0.25) is 11.1 Å². The fourth-order valence-corrected chi connectivity index (χ4v) is 3.22. The van der Waals surface area contributed by atoms with Crippen molar-refractivity contribution in [1.29, 1.82) is 0 Å². The molecule has 5 nitrogen and oxygen atoms in total. The molecule has 0 saturated heterocycles. The van der Waals surface area contributed by atoms with Gasteiger partial charge in [-0.1, -0.05) is 48.2 Å². The molecule has 2 aromatic carbocycles. The van der Waals surface area contributed by atoms with Gasteiger partial charge in [0.25, 0.3) is 0 Å². The summed E-state index contributed by atoms with van der Waals surface area (Å²) >= 11 is 4.12. The molecule has 1 heterocycles. The van der Waals surface area contributed by atoms with Crippen LogP contribution >= 0.6 is 27.7 Å². The van der Waals surface area contributed by atoms with Crippen LogP contribution in [0.3, 0.4) is 0 Å². The summed E-state index contributed by atoms with van der Waals surface area (Å²) in [6.45, 7) is 0. The smallest absolute Gasteiger partial charge is 0.234 e. The van der Waals surface area contributed by atoms with Gasteiger partial charge in [0.1, 0.15) is 11.6 Å². The van der Waals surface area contributed by atoms with Gasteiger partial charge < -0.3 is 5.32 Å². The molecule has 0 atom stereocenters. The van der Waals surface area contributed by atoms with Crippen LogP contribution in [-0.4, -0.2) is 26.8 Å². The Kier molecular flexibility index (Phi) is 6.36. The van der Waals surface area contributed by atoms with Crippen molar-refractivity contribution in [2.24, 2.45) is 0 Å². The van der Waals surface area contributed by atoms with Gasteiger partial charge in [0, 0.05) is 10.5 Å². The Morgan fingerprint density at radius 2 is 2.00 bits per heavy atom. The van der Waals surface area contributed by atoms with Crippen LogP contribution in [0.25, 0.3) is 12.2 Å². The molecule has 27 heavy (non-hydrogen) atoms. The molecule has 0 fully saturated rings. The maximum atomic E-state index is 13.7. The molecule has 138 valence electrons. The zero-order valence-corrected chi connectivity index (χ0v) is 16.2. The van der Waals surface area contributed by atoms with Crippen LogP contribution in [-0.2, 0) is 4.79 Å². The first kappa shape index (κ1) is 19.2. The van der Waals surface area contributed by atoms with E-state index in [2.05, 4.69) is 36.4 Å². The largest absolute Gasteiger partial charge is 0.322 e. The first-order valence-electron chi connectivity index (χ1n) is 7.74. The number of nitrogens with one attached hydrogen (secondary N) is 2. The van der Waals surface area contributed by atoms with E-state index in [-0.39, 0.29) is 15.9 Å². The standard InChI is InChI=1S/C18H13BrF2N4OS/c19-13-8-12(20)9-14(21)17(13)23-16(26)10-27-18-22-15(24-25-18)7-6-11-4-2-1-3-5-11/h1-9H,10H2,(H,23,26)(H,22,24,25)/b7-6+. The Hall–Kier alpha value is -2.52. The second-order valence-corrected chi connectivity index (χ2v) is 7.13. The van der Waals surface area contributed by atoms with Gasteiger partial charge in [-0.05, 0) is 33.6 Å². The number of anilines is 1. The molecule has 0 bridgehead atoms.